The maximum Gasteiger partial charge on any atom is 0.408 e. The zero-order valence-corrected chi connectivity index (χ0v) is 15.2. The summed E-state index contributed by atoms with van der Waals surface area (Å²) >= 11 is 0. The lowest BCUT2D eigenvalue weighted by atomic mass is 9.85. The second kappa shape index (κ2) is 9.37. The quantitative estimate of drug-likeness (QED) is 0.649. The van der Waals surface area contributed by atoms with Gasteiger partial charge in [0.05, 0.1) is 0 Å². The number of hydrogen-bond donors (Lipinski definition) is 2. The third kappa shape index (κ3) is 4.98. The van der Waals surface area contributed by atoms with Crippen LogP contribution in [0.25, 0.3) is 0 Å². The zero-order chi connectivity index (χ0) is 19.8. The molecule has 0 unspecified atom stereocenters. The Hall–Kier alpha value is -3.60. The summed E-state index contributed by atoms with van der Waals surface area (Å²) in [6.45, 7) is 0.0698. The molecule has 1 atom stereocenters. The molecule has 3 rings (SSSR count). The minimum absolute atomic E-state index is 0.0698. The Bertz CT molecular complexity index is 858. The molecule has 0 aliphatic rings. The van der Waals surface area contributed by atoms with E-state index in [4.69, 9.17) is 4.74 Å². The number of benzene rings is 3. The molecule has 0 fully saturated rings. The lowest BCUT2D eigenvalue weighted by molar-refractivity contribution is -0.139. The summed E-state index contributed by atoms with van der Waals surface area (Å²) in [5.74, 6) is -1.68. The molecule has 142 valence electrons. The van der Waals surface area contributed by atoms with E-state index in [-0.39, 0.29) is 6.61 Å². The Morgan fingerprint density at radius 3 is 1.71 bits per heavy atom. The van der Waals surface area contributed by atoms with Crippen molar-refractivity contribution in [2.75, 3.05) is 0 Å². The van der Waals surface area contributed by atoms with Crippen LogP contribution in [0.1, 0.15) is 22.6 Å². The summed E-state index contributed by atoms with van der Waals surface area (Å²) in [6, 6.07) is 26.6. The highest BCUT2D eigenvalue weighted by Gasteiger charge is 2.32. The van der Waals surface area contributed by atoms with Crippen LogP contribution in [0.4, 0.5) is 4.79 Å². The number of carboxylic acids is 1. The van der Waals surface area contributed by atoms with Crippen LogP contribution in [0.3, 0.4) is 0 Å². The van der Waals surface area contributed by atoms with Gasteiger partial charge in [-0.3, -0.25) is 0 Å². The number of amides is 1. The van der Waals surface area contributed by atoms with Crippen LogP contribution in [0.15, 0.2) is 91.0 Å². The van der Waals surface area contributed by atoms with Crippen LogP contribution in [0, 0.1) is 0 Å². The molecule has 0 heterocycles. The first kappa shape index (κ1) is 19.2. The Labute approximate surface area is 163 Å². The number of hydrogen-bond acceptors (Lipinski definition) is 3. The fourth-order valence-corrected chi connectivity index (χ4v) is 3.08. The van der Waals surface area contributed by atoms with Gasteiger partial charge < -0.3 is 15.2 Å². The first-order chi connectivity index (χ1) is 13.6. The summed E-state index contributed by atoms with van der Waals surface area (Å²) in [5, 5.41) is 12.4. The number of ether oxygens (including phenoxy) is 1. The Kier molecular flexibility index (Phi) is 6.41. The van der Waals surface area contributed by atoms with Crippen LogP contribution in [-0.4, -0.2) is 23.2 Å². The molecule has 0 saturated carbocycles. The lowest BCUT2D eigenvalue weighted by Gasteiger charge is -2.25. The highest BCUT2D eigenvalue weighted by molar-refractivity contribution is 5.81. The van der Waals surface area contributed by atoms with Crippen molar-refractivity contribution >= 4 is 12.1 Å². The van der Waals surface area contributed by atoms with E-state index in [0.717, 1.165) is 16.7 Å². The number of aliphatic carboxylic acids is 1. The van der Waals surface area contributed by atoms with Crippen molar-refractivity contribution in [1.82, 2.24) is 5.32 Å². The molecular weight excluding hydrogens is 354 g/mol. The molecule has 2 N–H and O–H groups in total. The number of carbonyl (C=O) groups excluding carboxylic acids is 1. The molecule has 3 aromatic rings. The van der Waals surface area contributed by atoms with Gasteiger partial charge in [0.15, 0.2) is 0 Å². The van der Waals surface area contributed by atoms with Gasteiger partial charge in [-0.1, -0.05) is 91.0 Å². The fraction of sp³-hybridized carbons (Fsp3) is 0.130. The van der Waals surface area contributed by atoms with Gasteiger partial charge in [0.2, 0.25) is 0 Å². The van der Waals surface area contributed by atoms with E-state index >= 15 is 0 Å². The average molecular weight is 375 g/mol. The Morgan fingerprint density at radius 1 is 0.786 bits per heavy atom. The zero-order valence-electron chi connectivity index (χ0n) is 15.2. The van der Waals surface area contributed by atoms with Gasteiger partial charge in [-0.25, -0.2) is 9.59 Å². The monoisotopic (exact) mass is 375 g/mol. The predicted octanol–water partition coefficient (Wildman–Crippen LogP) is 4.20. The summed E-state index contributed by atoms with van der Waals surface area (Å²) in [7, 11) is 0. The van der Waals surface area contributed by atoms with E-state index in [1.54, 1.807) is 0 Å². The molecule has 0 spiro atoms. The van der Waals surface area contributed by atoms with Crippen molar-refractivity contribution < 1.29 is 19.4 Å². The molecule has 3 aromatic carbocycles. The standard InChI is InChI=1S/C23H21NO4/c25-22(26)21(24-23(27)28-16-17-10-4-1-5-11-17)20(18-12-6-2-7-13-18)19-14-8-3-9-15-19/h1-15,20-21H,16H2,(H,24,27)(H,25,26)/t21-/m0/s1. The van der Waals surface area contributed by atoms with Crippen molar-refractivity contribution in [3.05, 3.63) is 108 Å². The van der Waals surface area contributed by atoms with Crippen molar-refractivity contribution in [2.24, 2.45) is 0 Å². The second-order valence-corrected chi connectivity index (χ2v) is 6.32. The van der Waals surface area contributed by atoms with Gasteiger partial charge in [0.25, 0.3) is 0 Å². The third-order valence-corrected chi connectivity index (χ3v) is 4.40. The smallest absolute Gasteiger partial charge is 0.408 e. The number of rotatable bonds is 7. The van der Waals surface area contributed by atoms with E-state index in [1.165, 1.54) is 0 Å². The molecule has 5 heteroatoms. The highest BCUT2D eigenvalue weighted by atomic mass is 16.5. The summed E-state index contributed by atoms with van der Waals surface area (Å²) in [6.07, 6.45) is -0.770. The number of alkyl carbamates (subject to hydrolysis) is 1. The molecular formula is C23H21NO4. The minimum Gasteiger partial charge on any atom is -0.480 e. The maximum atomic E-state index is 12.3. The van der Waals surface area contributed by atoms with Gasteiger partial charge in [0.1, 0.15) is 12.6 Å². The normalized spacial score (nSPS) is 11.6. The van der Waals surface area contributed by atoms with Gasteiger partial charge in [0, 0.05) is 5.92 Å². The molecule has 1 amide bonds. The van der Waals surface area contributed by atoms with Crippen molar-refractivity contribution in [3.8, 4) is 0 Å². The SMILES string of the molecule is O=C(N[C@H](C(=O)O)C(c1ccccc1)c1ccccc1)OCc1ccccc1. The van der Waals surface area contributed by atoms with Gasteiger partial charge in [-0.15, -0.1) is 0 Å². The van der Waals surface area contributed by atoms with E-state index in [2.05, 4.69) is 5.32 Å². The summed E-state index contributed by atoms with van der Waals surface area (Å²) in [4.78, 5) is 24.3. The number of carbonyl (C=O) groups is 2. The second-order valence-electron chi connectivity index (χ2n) is 6.32. The molecule has 5 nitrogen and oxygen atoms in total. The lowest BCUT2D eigenvalue weighted by Crippen LogP contribution is -2.45. The molecule has 0 aromatic heterocycles. The molecule has 28 heavy (non-hydrogen) atoms. The van der Waals surface area contributed by atoms with Crippen molar-refractivity contribution in [2.45, 2.75) is 18.6 Å². The molecule has 0 saturated heterocycles. The van der Waals surface area contributed by atoms with Crippen LogP contribution in [0.5, 0.6) is 0 Å². The van der Waals surface area contributed by atoms with Crippen LogP contribution in [-0.2, 0) is 16.1 Å². The van der Waals surface area contributed by atoms with E-state index in [0.29, 0.717) is 0 Å². The molecule has 0 radical (unpaired) electrons. The van der Waals surface area contributed by atoms with Gasteiger partial charge in [-0.2, -0.15) is 0 Å². The van der Waals surface area contributed by atoms with Crippen LogP contribution in [0.2, 0.25) is 0 Å². The topological polar surface area (TPSA) is 75.6 Å². The maximum absolute atomic E-state index is 12.3. The largest absolute Gasteiger partial charge is 0.480 e. The van der Waals surface area contributed by atoms with Crippen LogP contribution >= 0.6 is 0 Å². The fourth-order valence-electron chi connectivity index (χ4n) is 3.08. The predicted molar refractivity (Wildman–Crippen MR) is 106 cm³/mol. The highest BCUT2D eigenvalue weighted by Crippen LogP contribution is 2.28. The Morgan fingerprint density at radius 2 is 1.25 bits per heavy atom. The number of nitrogens with one attached hydrogen (secondary N) is 1. The van der Waals surface area contributed by atoms with Gasteiger partial charge in [-0.05, 0) is 16.7 Å². The number of carboxylic acid groups (broad SMARTS) is 1. The Balaban J connectivity index is 1.81. The minimum atomic E-state index is -1.17. The summed E-state index contributed by atoms with van der Waals surface area (Å²) < 4.78 is 5.22. The molecule has 0 bridgehead atoms. The first-order valence-corrected chi connectivity index (χ1v) is 8.95. The average Bonchev–Trinajstić information content (AvgIpc) is 2.74. The molecule has 0 aliphatic heterocycles. The van der Waals surface area contributed by atoms with Gasteiger partial charge >= 0.3 is 12.1 Å². The summed E-state index contributed by atoms with van der Waals surface area (Å²) in [5.41, 5.74) is 2.42. The van der Waals surface area contributed by atoms with E-state index in [9.17, 15) is 14.7 Å². The van der Waals surface area contributed by atoms with Crippen LogP contribution < -0.4 is 5.32 Å². The van der Waals surface area contributed by atoms with E-state index in [1.807, 2.05) is 91.0 Å². The first-order valence-electron chi connectivity index (χ1n) is 8.95. The van der Waals surface area contributed by atoms with Crippen molar-refractivity contribution in [3.63, 3.8) is 0 Å². The molecule has 0 aliphatic carbocycles. The van der Waals surface area contributed by atoms with Crippen molar-refractivity contribution in [1.29, 1.82) is 0 Å². The third-order valence-electron chi connectivity index (χ3n) is 4.40. The van der Waals surface area contributed by atoms with E-state index < -0.39 is 24.0 Å².